The van der Waals surface area contributed by atoms with Crippen LogP contribution in [0.3, 0.4) is 0 Å². The molecule has 6 nitrogen and oxygen atoms in total. The van der Waals surface area contributed by atoms with Crippen molar-refractivity contribution in [2.45, 2.75) is 43.3 Å². The average molecular weight is 369 g/mol. The van der Waals surface area contributed by atoms with Gasteiger partial charge in [-0.25, -0.2) is 0 Å². The summed E-state index contributed by atoms with van der Waals surface area (Å²) in [6, 6.07) is 8.72. The summed E-state index contributed by atoms with van der Waals surface area (Å²) in [4.78, 5) is 17.0. The molecule has 0 unspecified atom stereocenters. The summed E-state index contributed by atoms with van der Waals surface area (Å²) in [6.07, 6.45) is 5.80. The normalized spacial score (nSPS) is 19.2. The van der Waals surface area contributed by atoms with Gasteiger partial charge in [0.2, 0.25) is 11.9 Å². The Morgan fingerprint density at radius 1 is 1.12 bits per heavy atom. The monoisotopic (exact) mass is 369 g/mol. The average Bonchev–Trinajstić information content (AvgIpc) is 3.08. The van der Waals surface area contributed by atoms with Crippen LogP contribution in [0.5, 0.6) is 0 Å². The molecule has 7 heteroatoms. The number of carbonyl (C=O) groups is 1. The summed E-state index contributed by atoms with van der Waals surface area (Å²) in [5.74, 6) is 1.58. The number of para-hydroxylation sites is 1. The Morgan fingerprint density at radius 3 is 2.73 bits per heavy atom. The van der Waals surface area contributed by atoms with Gasteiger partial charge in [0.1, 0.15) is 0 Å². The first kappa shape index (κ1) is 16.2. The minimum absolute atomic E-state index is 0.160. The highest BCUT2D eigenvalue weighted by molar-refractivity contribution is 7.99. The van der Waals surface area contributed by atoms with Crippen LogP contribution in [0.4, 0.5) is 11.6 Å². The minimum atomic E-state index is 0.160. The molecule has 0 atom stereocenters. The third kappa shape index (κ3) is 2.88. The number of aromatic nitrogens is 3. The number of carbonyl (C=O) groups excluding carboxylic acids is 1. The van der Waals surface area contributed by atoms with Crippen LogP contribution in [-0.4, -0.2) is 46.1 Å². The van der Waals surface area contributed by atoms with Crippen molar-refractivity contribution in [2.75, 3.05) is 35.2 Å². The fraction of sp³-hybridized carbons (Fsp3) is 0.526. The summed E-state index contributed by atoms with van der Waals surface area (Å²) >= 11 is 1.54. The van der Waals surface area contributed by atoms with Crippen LogP contribution in [0, 0.1) is 0 Å². The van der Waals surface area contributed by atoms with Crippen LogP contribution in [0.15, 0.2) is 29.4 Å². The van der Waals surface area contributed by atoms with E-state index >= 15 is 0 Å². The van der Waals surface area contributed by atoms with E-state index in [1.807, 2.05) is 23.1 Å². The number of hydrogen-bond acceptors (Lipinski definition) is 5. The van der Waals surface area contributed by atoms with Gasteiger partial charge in [0.05, 0.1) is 5.75 Å². The highest BCUT2D eigenvalue weighted by Crippen LogP contribution is 2.41. The number of amides is 1. The second-order valence-corrected chi connectivity index (χ2v) is 8.23. The second-order valence-electron chi connectivity index (χ2n) is 7.29. The molecule has 3 aliphatic rings. The fourth-order valence-corrected chi connectivity index (χ4v) is 4.83. The van der Waals surface area contributed by atoms with Gasteiger partial charge in [-0.3, -0.25) is 9.36 Å². The summed E-state index contributed by atoms with van der Waals surface area (Å²) in [6.45, 7) is 2.92. The lowest BCUT2D eigenvalue weighted by atomic mass is 10.2. The molecule has 0 radical (unpaired) electrons. The SMILES string of the molecule is O=C(CSc1nnc(N2CCCC2)n1C1CC1)N1CCc2ccccc21. The molecule has 3 heterocycles. The second kappa shape index (κ2) is 6.61. The zero-order chi connectivity index (χ0) is 17.5. The zero-order valence-corrected chi connectivity index (χ0v) is 15.6. The van der Waals surface area contributed by atoms with Crippen LogP contribution < -0.4 is 9.80 Å². The van der Waals surface area contributed by atoms with Crippen molar-refractivity contribution in [1.29, 1.82) is 0 Å². The van der Waals surface area contributed by atoms with Gasteiger partial charge >= 0.3 is 0 Å². The first-order valence-electron chi connectivity index (χ1n) is 9.52. The molecule has 2 aliphatic heterocycles. The number of thioether (sulfide) groups is 1. The Balaban J connectivity index is 1.31. The zero-order valence-electron chi connectivity index (χ0n) is 14.8. The van der Waals surface area contributed by atoms with E-state index in [4.69, 9.17) is 0 Å². The van der Waals surface area contributed by atoms with Crippen molar-refractivity contribution >= 4 is 29.3 Å². The summed E-state index contributed by atoms with van der Waals surface area (Å²) in [5, 5.41) is 9.79. The molecule has 1 aliphatic carbocycles. The molecular formula is C19H23N5OS. The van der Waals surface area contributed by atoms with Crippen LogP contribution in [0.25, 0.3) is 0 Å². The largest absolute Gasteiger partial charge is 0.341 e. The van der Waals surface area contributed by atoms with Gasteiger partial charge in [0.25, 0.3) is 0 Å². The number of hydrogen-bond donors (Lipinski definition) is 0. The van der Waals surface area contributed by atoms with Crippen LogP contribution in [-0.2, 0) is 11.2 Å². The predicted molar refractivity (Wildman–Crippen MR) is 103 cm³/mol. The van der Waals surface area contributed by atoms with Gasteiger partial charge in [0, 0.05) is 31.4 Å². The van der Waals surface area contributed by atoms with E-state index in [1.165, 1.54) is 43.0 Å². The van der Waals surface area contributed by atoms with E-state index in [0.29, 0.717) is 11.8 Å². The van der Waals surface area contributed by atoms with E-state index < -0.39 is 0 Å². The van der Waals surface area contributed by atoms with E-state index in [1.54, 1.807) is 0 Å². The molecule has 2 fully saturated rings. The predicted octanol–water partition coefficient (Wildman–Crippen LogP) is 2.89. The first-order valence-corrected chi connectivity index (χ1v) is 10.5. The van der Waals surface area contributed by atoms with Gasteiger partial charge in [-0.2, -0.15) is 0 Å². The Morgan fingerprint density at radius 2 is 1.92 bits per heavy atom. The summed E-state index contributed by atoms with van der Waals surface area (Å²) < 4.78 is 2.28. The van der Waals surface area contributed by atoms with Crippen molar-refractivity contribution in [1.82, 2.24) is 14.8 Å². The lowest BCUT2D eigenvalue weighted by Gasteiger charge is -2.19. The number of nitrogens with zero attached hydrogens (tertiary/aromatic N) is 5. The molecule has 0 spiro atoms. The van der Waals surface area contributed by atoms with Crippen molar-refractivity contribution in [3.63, 3.8) is 0 Å². The van der Waals surface area contributed by atoms with Crippen molar-refractivity contribution in [2.24, 2.45) is 0 Å². The minimum Gasteiger partial charge on any atom is -0.341 e. The maximum atomic E-state index is 12.8. The van der Waals surface area contributed by atoms with Crippen LogP contribution in [0.1, 0.15) is 37.3 Å². The van der Waals surface area contributed by atoms with Gasteiger partial charge in [-0.1, -0.05) is 30.0 Å². The molecule has 5 rings (SSSR count). The Bertz CT molecular complexity index is 825. The third-order valence-corrected chi connectivity index (χ3v) is 6.39. The van der Waals surface area contributed by atoms with Crippen molar-refractivity contribution in [3.8, 4) is 0 Å². The first-order chi connectivity index (χ1) is 12.8. The maximum absolute atomic E-state index is 12.8. The highest BCUT2D eigenvalue weighted by atomic mass is 32.2. The summed E-state index contributed by atoms with van der Waals surface area (Å²) in [5.41, 5.74) is 2.34. The molecule has 1 aromatic heterocycles. The lowest BCUT2D eigenvalue weighted by molar-refractivity contribution is -0.116. The number of benzene rings is 1. The smallest absolute Gasteiger partial charge is 0.237 e. The Kier molecular flexibility index (Phi) is 4.11. The Hall–Kier alpha value is -2.02. The van der Waals surface area contributed by atoms with Crippen LogP contribution in [0.2, 0.25) is 0 Å². The maximum Gasteiger partial charge on any atom is 0.237 e. The van der Waals surface area contributed by atoms with Gasteiger partial charge in [0.15, 0.2) is 5.16 Å². The molecule has 1 aromatic carbocycles. The van der Waals surface area contributed by atoms with E-state index in [9.17, 15) is 4.79 Å². The van der Waals surface area contributed by atoms with Gasteiger partial charge in [-0.05, 0) is 43.7 Å². The topological polar surface area (TPSA) is 54.3 Å². The fourth-order valence-electron chi connectivity index (χ4n) is 3.95. The van der Waals surface area contributed by atoms with E-state index in [-0.39, 0.29) is 5.91 Å². The van der Waals surface area contributed by atoms with Crippen LogP contribution >= 0.6 is 11.8 Å². The molecule has 1 amide bonds. The lowest BCUT2D eigenvalue weighted by Crippen LogP contribution is -2.30. The van der Waals surface area contributed by atoms with Gasteiger partial charge < -0.3 is 9.80 Å². The van der Waals surface area contributed by atoms with E-state index in [2.05, 4.69) is 25.7 Å². The molecule has 2 aromatic rings. The Labute approximate surface area is 157 Å². The number of anilines is 2. The molecular weight excluding hydrogens is 346 g/mol. The third-order valence-electron chi connectivity index (χ3n) is 5.46. The molecule has 1 saturated carbocycles. The quantitative estimate of drug-likeness (QED) is 0.759. The van der Waals surface area contributed by atoms with E-state index in [0.717, 1.165) is 42.8 Å². The molecule has 26 heavy (non-hydrogen) atoms. The van der Waals surface area contributed by atoms with Crippen molar-refractivity contribution in [3.05, 3.63) is 29.8 Å². The molecule has 0 bridgehead atoms. The molecule has 136 valence electrons. The van der Waals surface area contributed by atoms with Crippen molar-refractivity contribution < 1.29 is 4.79 Å². The molecule has 1 saturated heterocycles. The standard InChI is InChI=1S/C19H23N5OS/c25-17(23-12-9-14-5-1-2-6-16(14)23)13-26-19-21-20-18(22-10-3-4-11-22)24(19)15-7-8-15/h1-2,5-6,15H,3-4,7-13H2. The number of fused-ring (bicyclic) bond motifs is 1. The number of rotatable bonds is 5. The summed E-state index contributed by atoms with van der Waals surface area (Å²) in [7, 11) is 0. The highest BCUT2D eigenvalue weighted by Gasteiger charge is 2.33. The molecule has 0 N–H and O–H groups in total. The van der Waals surface area contributed by atoms with Gasteiger partial charge in [-0.15, -0.1) is 10.2 Å².